The number of hydrogen-bond donors (Lipinski definition) is 1. The van der Waals surface area contributed by atoms with Crippen molar-refractivity contribution in [2.75, 3.05) is 45.8 Å². The molecular weight excluding hydrogens is 258 g/mol. The highest BCUT2D eigenvalue weighted by atomic mass is 15.1. The van der Waals surface area contributed by atoms with E-state index in [1.807, 2.05) is 0 Å². The fraction of sp³-hybridized carbons (Fsp3) is 1.00. The number of nitrogens with one attached hydrogen (secondary N) is 1. The Labute approximate surface area is 134 Å². The fourth-order valence-electron chi connectivity index (χ4n) is 2.85. The first-order chi connectivity index (χ1) is 10.2. The minimum atomic E-state index is 0.722. The summed E-state index contributed by atoms with van der Waals surface area (Å²) in [5, 5.41) is 3.66. The predicted octanol–water partition coefficient (Wildman–Crippen LogP) is 3.60. The molecule has 128 valence electrons. The molecule has 1 atom stereocenters. The van der Waals surface area contributed by atoms with Crippen LogP contribution in [-0.4, -0.2) is 61.7 Å². The molecule has 0 saturated heterocycles. The van der Waals surface area contributed by atoms with Crippen molar-refractivity contribution in [1.82, 2.24) is 15.1 Å². The van der Waals surface area contributed by atoms with Crippen LogP contribution in [0.3, 0.4) is 0 Å². The third-order valence-corrected chi connectivity index (χ3v) is 4.49. The summed E-state index contributed by atoms with van der Waals surface area (Å²) in [5.41, 5.74) is 0. The molecule has 0 rings (SSSR count). The number of rotatable bonds is 15. The fourth-order valence-corrected chi connectivity index (χ4v) is 2.85. The van der Waals surface area contributed by atoms with Gasteiger partial charge < -0.3 is 15.1 Å². The first kappa shape index (κ1) is 20.9. The quantitative estimate of drug-likeness (QED) is 0.498. The summed E-state index contributed by atoms with van der Waals surface area (Å²) in [6.45, 7) is 19.9. The average Bonchev–Trinajstić information content (AvgIpc) is 2.52. The van der Waals surface area contributed by atoms with Gasteiger partial charge in [0.05, 0.1) is 0 Å². The molecule has 0 amide bonds. The highest BCUT2D eigenvalue weighted by Crippen LogP contribution is 2.04. The summed E-state index contributed by atoms with van der Waals surface area (Å²) in [7, 11) is 0. The van der Waals surface area contributed by atoms with E-state index >= 15 is 0 Å². The van der Waals surface area contributed by atoms with Gasteiger partial charge in [-0.2, -0.15) is 0 Å². The van der Waals surface area contributed by atoms with Gasteiger partial charge in [-0.25, -0.2) is 0 Å². The lowest BCUT2D eigenvalue weighted by Crippen LogP contribution is -2.33. The van der Waals surface area contributed by atoms with Crippen LogP contribution in [0, 0.1) is 0 Å². The molecular formula is C18H41N3. The molecule has 0 aliphatic carbocycles. The Balaban J connectivity index is 3.77. The van der Waals surface area contributed by atoms with Crippen molar-refractivity contribution >= 4 is 0 Å². The van der Waals surface area contributed by atoms with Crippen LogP contribution >= 0.6 is 0 Å². The molecule has 0 aromatic carbocycles. The second-order valence-electron chi connectivity index (χ2n) is 6.02. The maximum atomic E-state index is 3.66. The third-order valence-electron chi connectivity index (χ3n) is 4.49. The van der Waals surface area contributed by atoms with Crippen LogP contribution in [0.2, 0.25) is 0 Å². The molecule has 3 nitrogen and oxygen atoms in total. The van der Waals surface area contributed by atoms with Gasteiger partial charge >= 0.3 is 0 Å². The van der Waals surface area contributed by atoms with E-state index in [0.717, 1.165) is 6.04 Å². The van der Waals surface area contributed by atoms with Crippen LogP contribution in [0.5, 0.6) is 0 Å². The lowest BCUT2D eigenvalue weighted by molar-refractivity contribution is 0.237. The Morgan fingerprint density at radius 2 is 1.33 bits per heavy atom. The SMILES string of the molecule is CCCNC(CC)CCCN(CC)CCCN(CC)CC. The van der Waals surface area contributed by atoms with E-state index in [1.165, 1.54) is 77.9 Å². The van der Waals surface area contributed by atoms with E-state index in [0.29, 0.717) is 0 Å². The molecule has 0 aromatic heterocycles. The van der Waals surface area contributed by atoms with Gasteiger partial charge in [0.15, 0.2) is 0 Å². The van der Waals surface area contributed by atoms with Crippen LogP contribution in [0.15, 0.2) is 0 Å². The zero-order valence-electron chi connectivity index (χ0n) is 15.5. The molecule has 21 heavy (non-hydrogen) atoms. The molecule has 0 aromatic rings. The molecule has 0 bridgehead atoms. The first-order valence-corrected chi connectivity index (χ1v) is 9.39. The summed E-state index contributed by atoms with van der Waals surface area (Å²) in [5.74, 6) is 0. The lowest BCUT2D eigenvalue weighted by Gasteiger charge is -2.24. The topological polar surface area (TPSA) is 18.5 Å². The van der Waals surface area contributed by atoms with Crippen molar-refractivity contribution in [2.45, 2.75) is 72.8 Å². The van der Waals surface area contributed by atoms with E-state index in [-0.39, 0.29) is 0 Å². The second-order valence-corrected chi connectivity index (χ2v) is 6.02. The Bertz CT molecular complexity index is 205. The predicted molar refractivity (Wildman–Crippen MR) is 96.1 cm³/mol. The van der Waals surface area contributed by atoms with E-state index < -0.39 is 0 Å². The van der Waals surface area contributed by atoms with Gasteiger partial charge in [-0.3, -0.25) is 0 Å². The molecule has 0 radical (unpaired) electrons. The van der Waals surface area contributed by atoms with Crippen LogP contribution in [0.25, 0.3) is 0 Å². The van der Waals surface area contributed by atoms with Crippen molar-refractivity contribution in [3.8, 4) is 0 Å². The zero-order chi connectivity index (χ0) is 15.9. The Hall–Kier alpha value is -0.120. The maximum absolute atomic E-state index is 3.66. The largest absolute Gasteiger partial charge is 0.314 e. The molecule has 0 spiro atoms. The second kappa shape index (κ2) is 14.8. The summed E-state index contributed by atoms with van der Waals surface area (Å²) in [6, 6.07) is 0.722. The summed E-state index contributed by atoms with van der Waals surface area (Å²) in [6.07, 6.45) is 6.45. The van der Waals surface area contributed by atoms with Gasteiger partial charge in [0.2, 0.25) is 0 Å². The van der Waals surface area contributed by atoms with Crippen molar-refractivity contribution < 1.29 is 0 Å². The zero-order valence-corrected chi connectivity index (χ0v) is 15.5. The normalized spacial score (nSPS) is 13.3. The van der Waals surface area contributed by atoms with Gasteiger partial charge in [-0.05, 0) is 77.9 Å². The molecule has 0 aliphatic rings. The summed E-state index contributed by atoms with van der Waals surface area (Å²) >= 11 is 0. The number of nitrogens with zero attached hydrogens (tertiary/aromatic N) is 2. The smallest absolute Gasteiger partial charge is 0.00649 e. The van der Waals surface area contributed by atoms with Crippen molar-refractivity contribution in [3.63, 3.8) is 0 Å². The highest BCUT2D eigenvalue weighted by molar-refractivity contribution is 4.66. The highest BCUT2D eigenvalue weighted by Gasteiger charge is 2.07. The Morgan fingerprint density at radius 3 is 1.86 bits per heavy atom. The van der Waals surface area contributed by atoms with Crippen LogP contribution in [0.4, 0.5) is 0 Å². The molecule has 1 N–H and O–H groups in total. The van der Waals surface area contributed by atoms with Crippen LogP contribution < -0.4 is 5.32 Å². The maximum Gasteiger partial charge on any atom is 0.00649 e. The minimum Gasteiger partial charge on any atom is -0.314 e. The van der Waals surface area contributed by atoms with E-state index in [2.05, 4.69) is 49.7 Å². The molecule has 3 heteroatoms. The van der Waals surface area contributed by atoms with Crippen LogP contribution in [0.1, 0.15) is 66.7 Å². The lowest BCUT2D eigenvalue weighted by atomic mass is 10.1. The molecule has 0 heterocycles. The van der Waals surface area contributed by atoms with Gasteiger partial charge in [0.25, 0.3) is 0 Å². The van der Waals surface area contributed by atoms with E-state index in [1.54, 1.807) is 0 Å². The minimum absolute atomic E-state index is 0.722. The van der Waals surface area contributed by atoms with Crippen LogP contribution in [-0.2, 0) is 0 Å². The first-order valence-electron chi connectivity index (χ1n) is 9.39. The molecule has 0 saturated carbocycles. The van der Waals surface area contributed by atoms with E-state index in [9.17, 15) is 0 Å². The van der Waals surface area contributed by atoms with Gasteiger partial charge in [0, 0.05) is 6.04 Å². The molecule has 0 fully saturated rings. The van der Waals surface area contributed by atoms with Crippen molar-refractivity contribution in [1.29, 1.82) is 0 Å². The Morgan fingerprint density at radius 1 is 0.762 bits per heavy atom. The molecule has 1 unspecified atom stereocenters. The summed E-state index contributed by atoms with van der Waals surface area (Å²) in [4.78, 5) is 5.14. The summed E-state index contributed by atoms with van der Waals surface area (Å²) < 4.78 is 0. The number of hydrogen-bond acceptors (Lipinski definition) is 3. The van der Waals surface area contributed by atoms with Gasteiger partial charge in [-0.15, -0.1) is 0 Å². The standard InChI is InChI=1S/C18H41N3/c1-6-14-19-18(7-2)13-11-15-21(10-5)17-12-16-20(8-3)9-4/h18-19H,6-17H2,1-5H3. The Kier molecular flexibility index (Phi) is 14.7. The van der Waals surface area contributed by atoms with Gasteiger partial charge in [-0.1, -0.05) is 34.6 Å². The average molecular weight is 300 g/mol. The van der Waals surface area contributed by atoms with E-state index in [4.69, 9.17) is 0 Å². The van der Waals surface area contributed by atoms with Crippen molar-refractivity contribution in [3.05, 3.63) is 0 Å². The van der Waals surface area contributed by atoms with Gasteiger partial charge in [0.1, 0.15) is 0 Å². The monoisotopic (exact) mass is 299 g/mol. The van der Waals surface area contributed by atoms with Crippen molar-refractivity contribution in [2.24, 2.45) is 0 Å². The molecule has 0 aliphatic heterocycles. The third kappa shape index (κ3) is 11.1.